The number of carbonyl (C=O) groups excluding carboxylic acids is 1. The molecule has 1 N–H and O–H groups in total. The first kappa shape index (κ1) is 27.5. The van der Waals surface area contributed by atoms with Crippen LogP contribution >= 0.6 is 27.5 Å². The molecule has 4 aromatic carbocycles. The lowest BCUT2D eigenvalue weighted by Gasteiger charge is -2.22. The van der Waals surface area contributed by atoms with Gasteiger partial charge in [0.25, 0.3) is 5.91 Å². The zero-order chi connectivity index (χ0) is 27.0. The summed E-state index contributed by atoms with van der Waals surface area (Å²) in [5.74, 6) is 0.698. The number of hydrazone groups is 1. The Labute approximate surface area is 234 Å². The van der Waals surface area contributed by atoms with E-state index in [9.17, 15) is 13.2 Å². The zero-order valence-corrected chi connectivity index (χ0v) is 23.2. The van der Waals surface area contributed by atoms with E-state index < -0.39 is 22.5 Å². The van der Waals surface area contributed by atoms with Gasteiger partial charge >= 0.3 is 0 Å². The lowest BCUT2D eigenvalue weighted by atomic mass is 10.2. The molecular weight excluding hydrogens is 590 g/mol. The van der Waals surface area contributed by atoms with Crippen LogP contribution in [0.25, 0.3) is 0 Å². The lowest BCUT2D eigenvalue weighted by Crippen LogP contribution is -2.39. The minimum Gasteiger partial charge on any atom is -0.457 e. The van der Waals surface area contributed by atoms with Crippen LogP contribution in [0.5, 0.6) is 11.5 Å². The number of para-hydroxylation sites is 1. The Morgan fingerprint density at radius 1 is 0.921 bits per heavy atom. The second-order valence-corrected chi connectivity index (χ2v) is 11.4. The van der Waals surface area contributed by atoms with Gasteiger partial charge in [-0.2, -0.15) is 9.41 Å². The minimum atomic E-state index is -4.02. The molecule has 0 saturated carbocycles. The summed E-state index contributed by atoms with van der Waals surface area (Å²) >= 11 is 9.58. The molecule has 1 amide bonds. The number of rotatable bonds is 10. The molecule has 4 rings (SSSR count). The fourth-order valence-electron chi connectivity index (χ4n) is 3.46. The second-order valence-electron chi connectivity index (χ2n) is 8.10. The van der Waals surface area contributed by atoms with E-state index in [2.05, 4.69) is 26.5 Å². The molecule has 10 heteroatoms. The smallest absolute Gasteiger partial charge is 0.255 e. The number of carbonyl (C=O) groups is 1. The highest BCUT2D eigenvalue weighted by molar-refractivity contribution is 9.10. The molecule has 0 heterocycles. The van der Waals surface area contributed by atoms with Gasteiger partial charge in [-0.05, 0) is 65.7 Å². The number of nitrogens with one attached hydrogen (secondary N) is 1. The first-order valence-corrected chi connectivity index (χ1v) is 14.1. The molecule has 194 valence electrons. The Balaban J connectivity index is 1.47. The van der Waals surface area contributed by atoms with Crippen LogP contribution in [0.15, 0.2) is 118 Å². The minimum absolute atomic E-state index is 0.0549. The van der Waals surface area contributed by atoms with Crippen molar-refractivity contribution in [3.63, 3.8) is 0 Å². The van der Waals surface area contributed by atoms with Crippen molar-refractivity contribution in [1.29, 1.82) is 0 Å². The van der Waals surface area contributed by atoms with E-state index in [0.717, 1.165) is 8.78 Å². The zero-order valence-electron chi connectivity index (χ0n) is 20.0. The number of amides is 1. The van der Waals surface area contributed by atoms with Crippen molar-refractivity contribution in [2.75, 3.05) is 6.54 Å². The molecule has 0 spiro atoms. The number of nitrogens with zero attached hydrogens (tertiary/aromatic N) is 2. The Kier molecular flexibility index (Phi) is 9.30. The van der Waals surface area contributed by atoms with Crippen LogP contribution in [-0.2, 0) is 21.4 Å². The number of benzene rings is 4. The highest BCUT2D eigenvalue weighted by atomic mass is 79.9. The third-order valence-electron chi connectivity index (χ3n) is 5.32. The number of halogens is 2. The number of ether oxygens (including phenoxy) is 1. The molecule has 0 unspecified atom stereocenters. The van der Waals surface area contributed by atoms with Gasteiger partial charge in [-0.1, -0.05) is 76.1 Å². The van der Waals surface area contributed by atoms with E-state index in [0.29, 0.717) is 27.6 Å². The lowest BCUT2D eigenvalue weighted by molar-refractivity contribution is -0.121. The van der Waals surface area contributed by atoms with E-state index >= 15 is 0 Å². The van der Waals surface area contributed by atoms with Crippen molar-refractivity contribution in [3.8, 4) is 11.5 Å². The first-order chi connectivity index (χ1) is 18.3. The summed E-state index contributed by atoms with van der Waals surface area (Å²) < 4.78 is 34.4. The monoisotopic (exact) mass is 611 g/mol. The Hall–Kier alpha value is -3.50. The Morgan fingerprint density at radius 2 is 1.61 bits per heavy atom. The summed E-state index contributed by atoms with van der Waals surface area (Å²) in [6.45, 7) is -0.549. The molecule has 0 fully saturated rings. The normalized spacial score (nSPS) is 11.6. The Bertz CT molecular complexity index is 1530. The third kappa shape index (κ3) is 7.52. The van der Waals surface area contributed by atoms with Crippen LogP contribution in [0, 0.1) is 0 Å². The molecule has 4 aromatic rings. The van der Waals surface area contributed by atoms with Gasteiger partial charge in [-0.15, -0.1) is 0 Å². The van der Waals surface area contributed by atoms with Crippen LogP contribution in [0.3, 0.4) is 0 Å². The van der Waals surface area contributed by atoms with Gasteiger partial charge < -0.3 is 4.74 Å². The van der Waals surface area contributed by atoms with Gasteiger partial charge in [0.15, 0.2) is 0 Å². The molecule has 0 aliphatic rings. The van der Waals surface area contributed by atoms with Gasteiger partial charge in [-0.25, -0.2) is 13.8 Å². The van der Waals surface area contributed by atoms with Crippen molar-refractivity contribution >= 4 is 49.7 Å². The van der Waals surface area contributed by atoms with Gasteiger partial charge in [0.05, 0.1) is 17.7 Å². The van der Waals surface area contributed by atoms with Gasteiger partial charge in [0, 0.05) is 16.0 Å². The summed E-state index contributed by atoms with van der Waals surface area (Å²) in [6.07, 6.45) is 1.46. The molecule has 0 atom stereocenters. The van der Waals surface area contributed by atoms with E-state index in [4.69, 9.17) is 16.3 Å². The van der Waals surface area contributed by atoms with Gasteiger partial charge in [0.2, 0.25) is 10.0 Å². The maximum atomic E-state index is 13.4. The van der Waals surface area contributed by atoms with Crippen LogP contribution in [0.2, 0.25) is 5.02 Å². The van der Waals surface area contributed by atoms with Crippen molar-refractivity contribution in [2.45, 2.75) is 11.4 Å². The highest BCUT2D eigenvalue weighted by Gasteiger charge is 2.27. The van der Waals surface area contributed by atoms with Crippen molar-refractivity contribution in [2.24, 2.45) is 5.10 Å². The fourth-order valence-corrected chi connectivity index (χ4v) is 5.29. The van der Waals surface area contributed by atoms with Crippen LogP contribution in [0.1, 0.15) is 11.1 Å². The van der Waals surface area contributed by atoms with Gasteiger partial charge in [-0.3, -0.25) is 4.79 Å². The predicted octanol–water partition coefficient (Wildman–Crippen LogP) is 6.24. The Morgan fingerprint density at radius 3 is 2.34 bits per heavy atom. The molecule has 0 aliphatic heterocycles. The molecule has 7 nitrogen and oxygen atoms in total. The topological polar surface area (TPSA) is 88.1 Å². The number of hydrogen-bond donors (Lipinski definition) is 1. The largest absolute Gasteiger partial charge is 0.457 e. The molecule has 0 aromatic heterocycles. The fraction of sp³-hybridized carbons (Fsp3) is 0.0714. The molecule has 0 saturated heterocycles. The molecule has 0 bridgehead atoms. The second kappa shape index (κ2) is 12.8. The van der Waals surface area contributed by atoms with Crippen LogP contribution in [0.4, 0.5) is 0 Å². The SMILES string of the molecule is O=C(CN(Cc1ccccc1Cl)S(=O)(=O)c1ccc(Br)cc1)N/N=C/c1cccc(Oc2ccccc2)c1. The predicted molar refractivity (Wildman–Crippen MR) is 152 cm³/mol. The molecule has 0 aliphatic carbocycles. The summed E-state index contributed by atoms with van der Waals surface area (Å²) in [4.78, 5) is 12.8. The summed E-state index contributed by atoms with van der Waals surface area (Å²) in [5.41, 5.74) is 3.67. The maximum absolute atomic E-state index is 13.4. The third-order valence-corrected chi connectivity index (χ3v) is 8.02. The molecular formula is C28H23BrClN3O4S. The molecule has 0 radical (unpaired) electrons. The van der Waals surface area contributed by atoms with E-state index in [1.54, 1.807) is 54.6 Å². The van der Waals surface area contributed by atoms with Crippen molar-refractivity contribution in [1.82, 2.24) is 9.73 Å². The van der Waals surface area contributed by atoms with E-state index in [1.165, 1.54) is 18.3 Å². The number of hydrogen-bond acceptors (Lipinski definition) is 5. The van der Waals surface area contributed by atoms with Gasteiger partial charge in [0.1, 0.15) is 11.5 Å². The highest BCUT2D eigenvalue weighted by Crippen LogP contribution is 2.24. The maximum Gasteiger partial charge on any atom is 0.255 e. The standard InChI is InChI=1S/C28H23BrClN3O4S/c29-23-13-15-26(16-14-23)38(35,36)33(19-22-8-4-5-12-27(22)30)20-28(34)32-31-18-21-7-6-11-25(17-21)37-24-9-2-1-3-10-24/h1-18H,19-20H2,(H,32,34)/b31-18+. The van der Waals surface area contributed by atoms with Crippen molar-refractivity contribution < 1.29 is 17.9 Å². The summed E-state index contributed by atoms with van der Waals surface area (Å²) in [6, 6.07) is 29.6. The quantitative estimate of drug-likeness (QED) is 0.170. The average molecular weight is 613 g/mol. The summed E-state index contributed by atoms with van der Waals surface area (Å²) in [7, 11) is -4.02. The van der Waals surface area contributed by atoms with Crippen LogP contribution < -0.4 is 10.2 Å². The molecule has 38 heavy (non-hydrogen) atoms. The first-order valence-electron chi connectivity index (χ1n) is 11.5. The van der Waals surface area contributed by atoms with E-state index in [1.807, 2.05) is 36.4 Å². The van der Waals surface area contributed by atoms with Crippen molar-refractivity contribution in [3.05, 3.63) is 124 Å². The van der Waals surface area contributed by atoms with Crippen LogP contribution in [-0.4, -0.2) is 31.4 Å². The average Bonchev–Trinajstić information content (AvgIpc) is 2.90. The number of sulfonamides is 1. The summed E-state index contributed by atoms with van der Waals surface area (Å²) in [5, 5.41) is 4.40. The van der Waals surface area contributed by atoms with E-state index in [-0.39, 0.29) is 11.4 Å².